The second-order valence-electron chi connectivity index (χ2n) is 9.14. The summed E-state index contributed by atoms with van der Waals surface area (Å²) >= 11 is 0. The smallest absolute Gasteiger partial charge is 0.326 e. The van der Waals surface area contributed by atoms with Crippen LogP contribution in [0.1, 0.15) is 24.0 Å². The number of nitrogens with zero attached hydrogens (tertiary/aromatic N) is 1. The molecule has 0 saturated carbocycles. The molecule has 40 heavy (non-hydrogen) atoms. The first-order valence-corrected chi connectivity index (χ1v) is 12.7. The van der Waals surface area contributed by atoms with Crippen molar-refractivity contribution in [2.45, 2.75) is 49.9 Å². The first-order chi connectivity index (χ1) is 19.1. The van der Waals surface area contributed by atoms with E-state index in [-0.39, 0.29) is 38.2 Å². The number of amides is 3. The Labute approximate surface area is 232 Å². The summed E-state index contributed by atoms with van der Waals surface area (Å²) in [6, 6.07) is 12.8. The molecule has 0 spiro atoms. The van der Waals surface area contributed by atoms with Gasteiger partial charge < -0.3 is 43.4 Å². The van der Waals surface area contributed by atoms with Crippen molar-refractivity contribution < 1.29 is 29.4 Å². The number of hydrogen-bond acceptors (Lipinski definition) is 7. The molecule has 0 aliphatic rings. The molecule has 4 atom stereocenters. The molecule has 2 rings (SSSR count). The Balaban J connectivity index is 2.24. The van der Waals surface area contributed by atoms with Gasteiger partial charge in [-0.1, -0.05) is 60.7 Å². The fraction of sp³-hybridized carbons (Fsp3) is 0.370. The zero-order valence-electron chi connectivity index (χ0n) is 22.0. The molecule has 0 saturated heterocycles. The number of carbonyl (C=O) groups excluding carboxylic acids is 3. The molecule has 13 nitrogen and oxygen atoms in total. The first kappa shape index (κ1) is 31.7. The number of aliphatic hydroxyl groups excluding tert-OH is 1. The summed E-state index contributed by atoms with van der Waals surface area (Å²) in [6.07, 6.45) is 0.471. The van der Waals surface area contributed by atoms with Gasteiger partial charge in [-0.25, -0.2) is 4.79 Å². The number of carboxylic acids is 1. The number of aliphatic carboxylic acids is 1. The maximum Gasteiger partial charge on any atom is 0.326 e. The third-order valence-corrected chi connectivity index (χ3v) is 5.92. The van der Waals surface area contributed by atoms with Gasteiger partial charge in [-0.2, -0.15) is 0 Å². The molecule has 0 heterocycles. The predicted molar refractivity (Wildman–Crippen MR) is 149 cm³/mol. The fourth-order valence-corrected chi connectivity index (χ4v) is 3.79. The lowest BCUT2D eigenvalue weighted by Crippen LogP contribution is -2.58. The summed E-state index contributed by atoms with van der Waals surface area (Å²) in [7, 11) is 0. The molecule has 216 valence electrons. The first-order valence-electron chi connectivity index (χ1n) is 12.7. The summed E-state index contributed by atoms with van der Waals surface area (Å²) in [5, 5.41) is 26.6. The average Bonchev–Trinajstić information content (AvgIpc) is 2.94. The van der Waals surface area contributed by atoms with E-state index in [2.05, 4.69) is 20.9 Å². The van der Waals surface area contributed by atoms with Crippen molar-refractivity contribution in [2.75, 3.05) is 13.2 Å². The summed E-state index contributed by atoms with van der Waals surface area (Å²) in [5.41, 5.74) is 17.8. The van der Waals surface area contributed by atoms with Crippen molar-refractivity contribution in [1.29, 1.82) is 0 Å². The van der Waals surface area contributed by atoms with Crippen LogP contribution in [-0.2, 0) is 32.0 Å². The number of guanidine groups is 1. The summed E-state index contributed by atoms with van der Waals surface area (Å²) in [6.45, 7) is -0.455. The van der Waals surface area contributed by atoms with Crippen LogP contribution >= 0.6 is 0 Å². The molecule has 11 N–H and O–H groups in total. The molecule has 4 unspecified atom stereocenters. The Morgan fingerprint density at radius 1 is 0.750 bits per heavy atom. The van der Waals surface area contributed by atoms with E-state index in [0.29, 0.717) is 5.56 Å². The van der Waals surface area contributed by atoms with Crippen LogP contribution < -0.4 is 33.2 Å². The fourth-order valence-electron chi connectivity index (χ4n) is 3.79. The Bertz CT molecular complexity index is 1140. The van der Waals surface area contributed by atoms with Crippen LogP contribution in [-0.4, -0.2) is 77.2 Å². The van der Waals surface area contributed by atoms with Gasteiger partial charge >= 0.3 is 5.97 Å². The number of nitrogens with one attached hydrogen (secondary N) is 3. The van der Waals surface area contributed by atoms with E-state index in [1.165, 1.54) is 0 Å². The molecule has 0 bridgehead atoms. The minimum atomic E-state index is -1.26. The SMILES string of the molecule is NC(N)=NCCCC(NC(=O)C(Cc1ccccc1)NC(=O)C(N)CO)C(=O)NC(Cc1ccccc1)C(=O)O. The van der Waals surface area contributed by atoms with Crippen molar-refractivity contribution in [2.24, 2.45) is 22.2 Å². The highest BCUT2D eigenvalue weighted by atomic mass is 16.4. The van der Waals surface area contributed by atoms with Gasteiger partial charge in [0, 0.05) is 19.4 Å². The zero-order valence-corrected chi connectivity index (χ0v) is 22.0. The third-order valence-electron chi connectivity index (χ3n) is 5.92. The monoisotopic (exact) mass is 555 g/mol. The van der Waals surface area contributed by atoms with Gasteiger partial charge in [0.05, 0.1) is 6.61 Å². The predicted octanol–water partition coefficient (Wildman–Crippen LogP) is -1.62. The number of nitrogens with two attached hydrogens (primary N) is 3. The number of hydrogen-bond donors (Lipinski definition) is 8. The molecule has 3 amide bonds. The Hall–Kier alpha value is -4.49. The lowest BCUT2D eigenvalue weighted by atomic mass is 10.0. The van der Waals surface area contributed by atoms with E-state index in [1.807, 2.05) is 0 Å². The maximum atomic E-state index is 13.4. The van der Waals surface area contributed by atoms with Gasteiger partial charge in [0.15, 0.2) is 5.96 Å². The third kappa shape index (κ3) is 11.1. The summed E-state index contributed by atoms with van der Waals surface area (Å²) in [5.74, 6) is -3.54. The van der Waals surface area contributed by atoms with Gasteiger partial charge in [0.1, 0.15) is 24.2 Å². The van der Waals surface area contributed by atoms with Crippen molar-refractivity contribution >= 4 is 29.7 Å². The number of benzene rings is 2. The Morgan fingerprint density at radius 2 is 1.23 bits per heavy atom. The van der Waals surface area contributed by atoms with E-state index in [0.717, 1.165) is 5.56 Å². The molecule has 0 aliphatic carbocycles. The van der Waals surface area contributed by atoms with Gasteiger partial charge in [0.25, 0.3) is 0 Å². The van der Waals surface area contributed by atoms with Gasteiger partial charge in [-0.3, -0.25) is 19.4 Å². The molecule has 0 radical (unpaired) electrons. The lowest BCUT2D eigenvalue weighted by molar-refractivity contribution is -0.142. The number of rotatable bonds is 16. The minimum absolute atomic E-state index is 0.0301. The zero-order chi connectivity index (χ0) is 29.5. The highest BCUT2D eigenvalue weighted by Crippen LogP contribution is 2.08. The quantitative estimate of drug-likeness (QED) is 0.0674. The topological polar surface area (TPSA) is 235 Å². The normalized spacial score (nSPS) is 13.7. The average molecular weight is 556 g/mol. The van der Waals surface area contributed by atoms with Gasteiger partial charge in [-0.15, -0.1) is 0 Å². The van der Waals surface area contributed by atoms with E-state index in [9.17, 15) is 29.4 Å². The molecule has 0 fully saturated rings. The second kappa shape index (κ2) is 16.5. The molecule has 0 aliphatic heterocycles. The number of carbonyl (C=O) groups is 4. The molecular formula is C27H37N7O6. The molecular weight excluding hydrogens is 518 g/mol. The molecule has 0 aromatic heterocycles. The van der Waals surface area contributed by atoms with Crippen LogP contribution in [0.25, 0.3) is 0 Å². The number of aliphatic hydroxyl groups is 1. The lowest BCUT2D eigenvalue weighted by Gasteiger charge is -2.25. The van der Waals surface area contributed by atoms with Crippen LogP contribution in [0.2, 0.25) is 0 Å². The van der Waals surface area contributed by atoms with Crippen molar-refractivity contribution in [1.82, 2.24) is 16.0 Å². The van der Waals surface area contributed by atoms with Crippen LogP contribution in [0.5, 0.6) is 0 Å². The van der Waals surface area contributed by atoms with Crippen molar-refractivity contribution in [3.05, 3.63) is 71.8 Å². The van der Waals surface area contributed by atoms with Crippen molar-refractivity contribution in [3.63, 3.8) is 0 Å². The number of aliphatic imine (C=N–C) groups is 1. The van der Waals surface area contributed by atoms with E-state index >= 15 is 0 Å². The summed E-state index contributed by atoms with van der Waals surface area (Å²) < 4.78 is 0. The highest BCUT2D eigenvalue weighted by Gasteiger charge is 2.30. The van der Waals surface area contributed by atoms with Crippen LogP contribution in [0.3, 0.4) is 0 Å². The van der Waals surface area contributed by atoms with Crippen molar-refractivity contribution in [3.8, 4) is 0 Å². The van der Waals surface area contributed by atoms with E-state index in [1.54, 1.807) is 60.7 Å². The Morgan fingerprint density at radius 3 is 1.73 bits per heavy atom. The molecule has 2 aromatic rings. The van der Waals surface area contributed by atoms with Crippen LogP contribution in [0, 0.1) is 0 Å². The van der Waals surface area contributed by atoms with Crippen LogP contribution in [0.15, 0.2) is 65.7 Å². The summed E-state index contributed by atoms with van der Waals surface area (Å²) in [4.78, 5) is 54.8. The van der Waals surface area contributed by atoms with Gasteiger partial charge in [-0.05, 0) is 24.0 Å². The van der Waals surface area contributed by atoms with E-state index < -0.39 is 54.5 Å². The maximum absolute atomic E-state index is 13.4. The molecule has 2 aromatic carbocycles. The van der Waals surface area contributed by atoms with Gasteiger partial charge in [0.2, 0.25) is 17.7 Å². The van der Waals surface area contributed by atoms with Crippen LogP contribution in [0.4, 0.5) is 0 Å². The standard InChI is InChI=1S/C27H37N7O6/c28-19(16-35)23(36)33-21(14-17-8-3-1-4-9-17)25(38)32-20(12-7-13-31-27(29)30)24(37)34-22(26(39)40)15-18-10-5-2-6-11-18/h1-6,8-11,19-22,35H,7,12-16,28H2,(H,32,38)(H,33,36)(H,34,37)(H,39,40)(H4,29,30,31). The Kier molecular flexibility index (Phi) is 13.1. The minimum Gasteiger partial charge on any atom is -0.480 e. The largest absolute Gasteiger partial charge is 0.480 e. The highest BCUT2D eigenvalue weighted by molar-refractivity contribution is 5.94. The number of carboxylic acid groups (broad SMARTS) is 1. The molecule has 13 heteroatoms. The second-order valence-corrected chi connectivity index (χ2v) is 9.14. The van der Waals surface area contributed by atoms with E-state index in [4.69, 9.17) is 17.2 Å².